The molecule has 102 valence electrons. The van der Waals surface area contributed by atoms with Crippen LogP contribution < -0.4 is 0 Å². The summed E-state index contributed by atoms with van der Waals surface area (Å²) in [5.41, 5.74) is 2.24. The van der Waals surface area contributed by atoms with Gasteiger partial charge in [-0.25, -0.2) is 0 Å². The number of rotatable bonds is 1. The molecule has 1 aromatic carbocycles. The lowest BCUT2D eigenvalue weighted by molar-refractivity contribution is 0.438. The van der Waals surface area contributed by atoms with Gasteiger partial charge in [-0.05, 0) is 55.6 Å². The van der Waals surface area contributed by atoms with E-state index in [1.54, 1.807) is 0 Å². The summed E-state index contributed by atoms with van der Waals surface area (Å²) in [4.78, 5) is 3.29. The van der Waals surface area contributed by atoms with Gasteiger partial charge >= 0.3 is 0 Å². The first-order chi connectivity index (χ1) is 9.15. The number of nitrogens with zero attached hydrogens (tertiary/aromatic N) is 1. The fourth-order valence-corrected chi connectivity index (χ4v) is 3.72. The first-order valence-electron chi connectivity index (χ1n) is 7.05. The zero-order valence-corrected chi connectivity index (χ0v) is 12.7. The number of fused-ring (bicyclic) bond motifs is 1. The van der Waals surface area contributed by atoms with E-state index < -0.39 is 0 Å². The van der Waals surface area contributed by atoms with Crippen molar-refractivity contribution in [1.82, 2.24) is 9.55 Å². The molecule has 2 nitrogen and oxygen atoms in total. The molecule has 0 bridgehead atoms. The predicted molar refractivity (Wildman–Crippen MR) is 83.4 cm³/mol. The molecule has 1 aliphatic carbocycles. The molecule has 1 N–H and O–H groups in total. The van der Waals surface area contributed by atoms with E-state index in [-0.39, 0.29) is 0 Å². The Bertz CT molecular complexity index is 643. The largest absolute Gasteiger partial charge is 0.331 e. The van der Waals surface area contributed by atoms with E-state index in [2.05, 4.69) is 22.5 Å². The Balaban J connectivity index is 2.04. The molecule has 3 rings (SSSR count). The van der Waals surface area contributed by atoms with Crippen molar-refractivity contribution in [2.45, 2.75) is 45.1 Å². The standard InChI is InChI=1S/C15H19ClN2S/c1-10-3-2-4-12(7-5-10)18-14-8-6-11(16)9-13(14)17-15(18)19/h6,8-10,12H,2-5,7H2,1H3,(H,17,19). The molecule has 1 saturated carbocycles. The molecule has 2 aromatic rings. The van der Waals surface area contributed by atoms with E-state index in [9.17, 15) is 0 Å². The molecule has 1 heterocycles. The Hall–Kier alpha value is -0.800. The second-order valence-corrected chi connectivity index (χ2v) is 6.55. The molecule has 1 aliphatic rings. The maximum absolute atomic E-state index is 6.05. The highest BCUT2D eigenvalue weighted by Gasteiger charge is 2.20. The molecular formula is C15H19ClN2S. The minimum atomic E-state index is 0.535. The Kier molecular flexibility index (Phi) is 3.68. The molecular weight excluding hydrogens is 276 g/mol. The van der Waals surface area contributed by atoms with Crippen LogP contribution in [0, 0.1) is 10.7 Å². The highest BCUT2D eigenvalue weighted by atomic mass is 35.5. The molecule has 0 saturated heterocycles. The van der Waals surface area contributed by atoms with E-state index in [1.807, 2.05) is 12.1 Å². The van der Waals surface area contributed by atoms with Gasteiger partial charge in [-0.15, -0.1) is 0 Å². The van der Waals surface area contributed by atoms with Crippen molar-refractivity contribution >= 4 is 34.9 Å². The maximum Gasteiger partial charge on any atom is 0.178 e. The van der Waals surface area contributed by atoms with Crippen molar-refractivity contribution in [1.29, 1.82) is 0 Å². The van der Waals surface area contributed by atoms with E-state index >= 15 is 0 Å². The zero-order valence-electron chi connectivity index (χ0n) is 11.2. The van der Waals surface area contributed by atoms with Crippen LogP contribution in [-0.4, -0.2) is 9.55 Å². The lowest BCUT2D eigenvalue weighted by atomic mass is 10.0. The number of aromatic amines is 1. The number of imidazole rings is 1. The van der Waals surface area contributed by atoms with E-state index in [0.717, 1.165) is 21.2 Å². The SMILES string of the molecule is CC1CCCC(n2c(=S)[nH]c3cc(Cl)ccc32)CC1. The first-order valence-corrected chi connectivity index (χ1v) is 7.83. The van der Waals surface area contributed by atoms with Gasteiger partial charge in [0.05, 0.1) is 11.0 Å². The van der Waals surface area contributed by atoms with Crippen LogP contribution in [0.4, 0.5) is 0 Å². The van der Waals surface area contributed by atoms with E-state index in [0.29, 0.717) is 6.04 Å². The summed E-state index contributed by atoms with van der Waals surface area (Å²) in [7, 11) is 0. The van der Waals surface area contributed by atoms with E-state index in [4.69, 9.17) is 23.8 Å². The first kappa shape index (κ1) is 13.2. The third-order valence-electron chi connectivity index (χ3n) is 4.27. The smallest absolute Gasteiger partial charge is 0.178 e. The molecule has 0 amide bonds. The van der Waals surface area contributed by atoms with Crippen molar-refractivity contribution in [3.8, 4) is 0 Å². The summed E-state index contributed by atoms with van der Waals surface area (Å²) >= 11 is 11.6. The van der Waals surface area contributed by atoms with Crippen molar-refractivity contribution in [2.75, 3.05) is 0 Å². The number of benzene rings is 1. The lowest BCUT2D eigenvalue weighted by Gasteiger charge is -2.17. The summed E-state index contributed by atoms with van der Waals surface area (Å²) < 4.78 is 3.13. The monoisotopic (exact) mass is 294 g/mol. The normalized spacial score (nSPS) is 24.5. The number of H-pyrrole nitrogens is 1. The molecule has 0 radical (unpaired) electrons. The average Bonchev–Trinajstić information content (AvgIpc) is 2.54. The van der Waals surface area contributed by atoms with Crippen LogP contribution in [0.3, 0.4) is 0 Å². The number of hydrogen-bond donors (Lipinski definition) is 1. The van der Waals surface area contributed by atoms with Gasteiger partial charge in [-0.2, -0.15) is 0 Å². The number of nitrogens with one attached hydrogen (secondary N) is 1. The van der Waals surface area contributed by atoms with Crippen LogP contribution in [0.15, 0.2) is 18.2 Å². The minimum Gasteiger partial charge on any atom is -0.331 e. The third kappa shape index (κ3) is 2.59. The molecule has 4 heteroatoms. The maximum atomic E-state index is 6.05. The zero-order chi connectivity index (χ0) is 13.4. The summed E-state index contributed by atoms with van der Waals surface area (Å²) in [5, 5.41) is 0.755. The fraction of sp³-hybridized carbons (Fsp3) is 0.533. The Morgan fingerprint density at radius 2 is 2.11 bits per heavy atom. The molecule has 2 atom stereocenters. The van der Waals surface area contributed by atoms with Gasteiger partial charge in [-0.3, -0.25) is 0 Å². The summed E-state index contributed by atoms with van der Waals surface area (Å²) in [6, 6.07) is 6.52. The van der Waals surface area contributed by atoms with Gasteiger partial charge < -0.3 is 9.55 Å². The topological polar surface area (TPSA) is 20.7 Å². The van der Waals surface area contributed by atoms with Gasteiger partial charge in [0, 0.05) is 11.1 Å². The minimum absolute atomic E-state index is 0.535. The fourth-order valence-electron chi connectivity index (χ4n) is 3.19. The summed E-state index contributed by atoms with van der Waals surface area (Å²) in [6.45, 7) is 2.36. The van der Waals surface area contributed by atoms with Crippen molar-refractivity contribution < 1.29 is 0 Å². The van der Waals surface area contributed by atoms with Gasteiger partial charge in [0.25, 0.3) is 0 Å². The molecule has 2 unspecified atom stereocenters. The van der Waals surface area contributed by atoms with Gasteiger partial charge in [0.15, 0.2) is 4.77 Å². The van der Waals surface area contributed by atoms with Crippen LogP contribution in [0.2, 0.25) is 5.02 Å². The van der Waals surface area contributed by atoms with Crippen LogP contribution >= 0.6 is 23.8 Å². The second-order valence-electron chi connectivity index (χ2n) is 5.73. The predicted octanol–water partition coefficient (Wildman–Crippen LogP) is 5.49. The second kappa shape index (κ2) is 5.29. The average molecular weight is 295 g/mol. The third-order valence-corrected chi connectivity index (χ3v) is 4.80. The van der Waals surface area contributed by atoms with Crippen molar-refractivity contribution in [3.63, 3.8) is 0 Å². The number of hydrogen-bond acceptors (Lipinski definition) is 1. The number of aromatic nitrogens is 2. The number of halogens is 1. The van der Waals surface area contributed by atoms with E-state index in [1.165, 1.54) is 37.6 Å². The van der Waals surface area contributed by atoms with Crippen molar-refractivity contribution in [3.05, 3.63) is 28.0 Å². The van der Waals surface area contributed by atoms with Crippen LogP contribution in [-0.2, 0) is 0 Å². The molecule has 1 aromatic heterocycles. The Labute approximate surface area is 123 Å². The molecule has 1 fully saturated rings. The summed E-state index contributed by atoms with van der Waals surface area (Å²) in [5.74, 6) is 0.846. The quantitative estimate of drug-likeness (QED) is 0.544. The lowest BCUT2D eigenvalue weighted by Crippen LogP contribution is -2.08. The Morgan fingerprint density at radius 1 is 1.26 bits per heavy atom. The summed E-state index contributed by atoms with van der Waals surface area (Å²) in [6.07, 6.45) is 6.40. The molecule has 19 heavy (non-hydrogen) atoms. The molecule has 0 spiro atoms. The highest BCUT2D eigenvalue weighted by molar-refractivity contribution is 7.71. The van der Waals surface area contributed by atoms with Gasteiger partial charge in [0.1, 0.15) is 0 Å². The van der Waals surface area contributed by atoms with Crippen molar-refractivity contribution in [2.24, 2.45) is 5.92 Å². The highest BCUT2D eigenvalue weighted by Crippen LogP contribution is 2.33. The van der Waals surface area contributed by atoms with Crippen LogP contribution in [0.1, 0.15) is 45.1 Å². The van der Waals surface area contributed by atoms with Gasteiger partial charge in [-0.1, -0.05) is 31.4 Å². The van der Waals surface area contributed by atoms with Gasteiger partial charge in [0.2, 0.25) is 0 Å². The van der Waals surface area contributed by atoms with Crippen LogP contribution in [0.5, 0.6) is 0 Å². The Morgan fingerprint density at radius 3 is 2.95 bits per heavy atom. The van der Waals surface area contributed by atoms with Crippen LogP contribution in [0.25, 0.3) is 11.0 Å². The molecule has 0 aliphatic heterocycles.